The number of benzene rings is 1. The highest BCUT2D eigenvalue weighted by molar-refractivity contribution is 5.78. The average molecular weight is 348 g/mol. The van der Waals surface area contributed by atoms with E-state index in [1.165, 1.54) is 0 Å². The molecular weight excluding hydrogens is 320 g/mol. The second kappa shape index (κ2) is 9.17. The normalized spacial score (nSPS) is 22.5. The van der Waals surface area contributed by atoms with Gasteiger partial charge in [0.25, 0.3) is 0 Å². The molecule has 0 saturated carbocycles. The molecule has 6 nitrogen and oxygen atoms in total. The molecule has 138 valence electrons. The van der Waals surface area contributed by atoms with Crippen molar-refractivity contribution in [3.63, 3.8) is 0 Å². The van der Waals surface area contributed by atoms with E-state index in [1.807, 2.05) is 24.3 Å². The minimum Gasteiger partial charge on any atom is -0.497 e. The van der Waals surface area contributed by atoms with Gasteiger partial charge in [0.05, 0.1) is 33.4 Å². The van der Waals surface area contributed by atoms with Gasteiger partial charge in [-0.15, -0.1) is 0 Å². The molecule has 2 saturated heterocycles. The molecule has 6 heteroatoms. The Bertz CT molecular complexity index is 537. The molecule has 2 heterocycles. The lowest BCUT2D eigenvalue weighted by Crippen LogP contribution is -2.52. The molecule has 0 radical (unpaired) electrons. The summed E-state index contributed by atoms with van der Waals surface area (Å²) in [4.78, 5) is 14.8. The monoisotopic (exact) mass is 348 g/mol. The third-order valence-corrected chi connectivity index (χ3v) is 5.06. The number of carbonyl (C=O) groups excluding carboxylic acids is 1. The first kappa shape index (κ1) is 18.2. The highest BCUT2D eigenvalue weighted by Crippen LogP contribution is 2.22. The van der Waals surface area contributed by atoms with Gasteiger partial charge < -0.3 is 19.5 Å². The highest BCUT2D eigenvalue weighted by atomic mass is 16.5. The molecule has 3 rings (SSSR count). The van der Waals surface area contributed by atoms with Gasteiger partial charge in [0.1, 0.15) is 5.75 Å². The lowest BCUT2D eigenvalue weighted by molar-refractivity contribution is -0.120. The van der Waals surface area contributed by atoms with Crippen LogP contribution in [0.2, 0.25) is 0 Å². The number of hydrogen-bond donors (Lipinski definition) is 1. The number of carbonyl (C=O) groups is 1. The summed E-state index contributed by atoms with van der Waals surface area (Å²) in [5.74, 6) is 1.35. The van der Waals surface area contributed by atoms with Crippen molar-refractivity contribution in [3.05, 3.63) is 29.8 Å². The first-order valence-corrected chi connectivity index (χ1v) is 9.05. The maximum Gasteiger partial charge on any atom is 0.224 e. The maximum absolute atomic E-state index is 12.4. The zero-order valence-corrected chi connectivity index (χ0v) is 14.9. The fourth-order valence-electron chi connectivity index (χ4n) is 3.57. The van der Waals surface area contributed by atoms with Crippen LogP contribution < -0.4 is 10.1 Å². The number of rotatable bonds is 7. The third kappa shape index (κ3) is 5.17. The molecular formula is C19H28N2O4. The summed E-state index contributed by atoms with van der Waals surface area (Å²) in [5, 5.41) is 3.13. The van der Waals surface area contributed by atoms with Crippen LogP contribution >= 0.6 is 0 Å². The SMILES string of the molecule is COc1ccc(CC(=O)NC[C@@H]([C@@H]2CCOC2)N2CCOCC2)cc1. The third-order valence-electron chi connectivity index (χ3n) is 5.06. The molecule has 1 amide bonds. The van der Waals surface area contributed by atoms with Crippen molar-refractivity contribution in [1.29, 1.82) is 0 Å². The molecule has 0 aliphatic carbocycles. The standard InChI is InChI=1S/C19H28N2O4/c1-23-17-4-2-15(3-5-17)12-19(22)20-13-18(16-6-9-25-14-16)21-7-10-24-11-8-21/h2-5,16,18H,6-14H2,1H3,(H,20,22)/t16-,18+/m1/s1. The zero-order chi connectivity index (χ0) is 17.5. The van der Waals surface area contributed by atoms with Gasteiger partial charge in [0.15, 0.2) is 0 Å². The van der Waals surface area contributed by atoms with Gasteiger partial charge in [-0.25, -0.2) is 0 Å². The minimum atomic E-state index is 0.0577. The predicted octanol–water partition coefficient (Wildman–Crippen LogP) is 1.09. The summed E-state index contributed by atoms with van der Waals surface area (Å²) < 4.78 is 16.2. The lowest BCUT2D eigenvalue weighted by Gasteiger charge is -2.37. The Kier molecular flexibility index (Phi) is 6.67. The van der Waals surface area contributed by atoms with Crippen LogP contribution in [0, 0.1) is 5.92 Å². The summed E-state index contributed by atoms with van der Waals surface area (Å²) in [7, 11) is 1.64. The van der Waals surface area contributed by atoms with Crippen molar-refractivity contribution in [2.24, 2.45) is 5.92 Å². The fraction of sp³-hybridized carbons (Fsp3) is 0.632. The van der Waals surface area contributed by atoms with Crippen molar-refractivity contribution in [3.8, 4) is 5.75 Å². The summed E-state index contributed by atoms with van der Waals surface area (Å²) in [6.45, 7) is 5.67. The van der Waals surface area contributed by atoms with Crippen LogP contribution in [0.5, 0.6) is 5.75 Å². The molecule has 2 atom stereocenters. The van der Waals surface area contributed by atoms with Crippen LogP contribution in [0.3, 0.4) is 0 Å². The lowest BCUT2D eigenvalue weighted by atomic mass is 9.96. The molecule has 1 N–H and O–H groups in total. The van der Waals surface area contributed by atoms with Gasteiger partial charge in [-0.3, -0.25) is 9.69 Å². The van der Waals surface area contributed by atoms with Crippen LogP contribution in [0.1, 0.15) is 12.0 Å². The van der Waals surface area contributed by atoms with Crippen molar-refractivity contribution in [2.45, 2.75) is 18.9 Å². The molecule has 0 spiro atoms. The van der Waals surface area contributed by atoms with Crippen LogP contribution in [0.25, 0.3) is 0 Å². The Morgan fingerprint density at radius 1 is 1.24 bits per heavy atom. The van der Waals surface area contributed by atoms with E-state index in [1.54, 1.807) is 7.11 Å². The maximum atomic E-state index is 12.4. The van der Waals surface area contributed by atoms with Gasteiger partial charge in [-0.2, -0.15) is 0 Å². The fourth-order valence-corrected chi connectivity index (χ4v) is 3.57. The van der Waals surface area contributed by atoms with Gasteiger partial charge in [-0.1, -0.05) is 12.1 Å². The Hall–Kier alpha value is -1.63. The second-order valence-electron chi connectivity index (χ2n) is 6.67. The first-order valence-electron chi connectivity index (χ1n) is 9.05. The van der Waals surface area contributed by atoms with E-state index >= 15 is 0 Å². The summed E-state index contributed by atoms with van der Waals surface area (Å²) in [6.07, 6.45) is 1.46. The van der Waals surface area contributed by atoms with Crippen LogP contribution in [0.15, 0.2) is 24.3 Å². The summed E-state index contributed by atoms with van der Waals surface area (Å²) in [5.41, 5.74) is 0.991. The smallest absolute Gasteiger partial charge is 0.224 e. The predicted molar refractivity (Wildman–Crippen MR) is 94.8 cm³/mol. The Balaban J connectivity index is 1.52. The van der Waals surface area contributed by atoms with E-state index in [0.717, 1.165) is 57.3 Å². The molecule has 1 aromatic rings. The number of methoxy groups -OCH3 is 1. The van der Waals surface area contributed by atoms with Crippen LogP contribution in [-0.4, -0.2) is 70.0 Å². The van der Waals surface area contributed by atoms with E-state index in [9.17, 15) is 4.79 Å². The number of ether oxygens (including phenoxy) is 3. The highest BCUT2D eigenvalue weighted by Gasteiger charge is 2.31. The molecule has 2 aliphatic heterocycles. The van der Waals surface area contributed by atoms with Gasteiger partial charge in [-0.05, 0) is 24.1 Å². The molecule has 0 unspecified atom stereocenters. The van der Waals surface area contributed by atoms with E-state index in [4.69, 9.17) is 14.2 Å². The minimum absolute atomic E-state index is 0.0577. The molecule has 2 fully saturated rings. The summed E-state index contributed by atoms with van der Waals surface area (Å²) >= 11 is 0. The zero-order valence-electron chi connectivity index (χ0n) is 14.9. The second-order valence-corrected chi connectivity index (χ2v) is 6.67. The summed E-state index contributed by atoms with van der Waals surface area (Å²) in [6, 6.07) is 7.96. The largest absolute Gasteiger partial charge is 0.497 e. The van der Waals surface area contributed by atoms with Crippen LogP contribution in [0.4, 0.5) is 0 Å². The van der Waals surface area contributed by atoms with Crippen molar-refractivity contribution < 1.29 is 19.0 Å². The molecule has 25 heavy (non-hydrogen) atoms. The molecule has 2 aliphatic rings. The number of morpholine rings is 1. The Morgan fingerprint density at radius 2 is 2.00 bits per heavy atom. The van der Waals surface area contributed by atoms with Gasteiger partial charge in [0.2, 0.25) is 5.91 Å². The van der Waals surface area contributed by atoms with E-state index in [0.29, 0.717) is 24.9 Å². The Morgan fingerprint density at radius 3 is 2.64 bits per heavy atom. The topological polar surface area (TPSA) is 60.0 Å². The number of nitrogens with zero attached hydrogens (tertiary/aromatic N) is 1. The molecule has 0 bridgehead atoms. The number of nitrogens with one attached hydrogen (secondary N) is 1. The van der Waals surface area contributed by atoms with Crippen molar-refractivity contribution >= 4 is 5.91 Å². The van der Waals surface area contributed by atoms with Crippen molar-refractivity contribution in [2.75, 3.05) is 53.2 Å². The average Bonchev–Trinajstić information content (AvgIpc) is 3.18. The molecule has 1 aromatic carbocycles. The quantitative estimate of drug-likeness (QED) is 0.799. The van der Waals surface area contributed by atoms with E-state index in [-0.39, 0.29) is 5.91 Å². The first-order chi connectivity index (χ1) is 12.3. The number of amides is 1. The molecule has 0 aromatic heterocycles. The van der Waals surface area contributed by atoms with Crippen molar-refractivity contribution in [1.82, 2.24) is 10.2 Å². The Labute approximate surface area is 149 Å². The van der Waals surface area contributed by atoms with E-state index < -0.39 is 0 Å². The van der Waals surface area contributed by atoms with Gasteiger partial charge in [0, 0.05) is 38.2 Å². The van der Waals surface area contributed by atoms with E-state index in [2.05, 4.69) is 10.2 Å². The number of hydrogen-bond acceptors (Lipinski definition) is 5. The van der Waals surface area contributed by atoms with Crippen LogP contribution in [-0.2, 0) is 20.7 Å². The van der Waals surface area contributed by atoms with Gasteiger partial charge >= 0.3 is 0 Å².